The summed E-state index contributed by atoms with van der Waals surface area (Å²) in [6, 6.07) is 13.0. The largest absolute Gasteiger partial charge is 0.483 e. The maximum absolute atomic E-state index is 11.8. The third-order valence-electron chi connectivity index (χ3n) is 2.91. The van der Waals surface area contributed by atoms with Gasteiger partial charge in [0.15, 0.2) is 6.61 Å². The first kappa shape index (κ1) is 14.4. The fourth-order valence-electron chi connectivity index (χ4n) is 1.73. The van der Waals surface area contributed by atoms with Crippen molar-refractivity contribution in [3.63, 3.8) is 0 Å². The Morgan fingerprint density at radius 2 is 1.90 bits per heavy atom. The normalized spacial score (nSPS) is 10.2. The number of hydrogen-bond donors (Lipinski definition) is 1. The monoisotopic (exact) mass is 289 g/mol. The van der Waals surface area contributed by atoms with E-state index < -0.39 is 0 Å². The maximum atomic E-state index is 11.8. The number of carbonyl (C=O) groups excluding carboxylic acids is 1. The van der Waals surface area contributed by atoms with Crippen molar-refractivity contribution in [1.82, 2.24) is 0 Å². The van der Waals surface area contributed by atoms with Gasteiger partial charge in [0.2, 0.25) is 0 Å². The lowest BCUT2D eigenvalue weighted by atomic mass is 10.2. The van der Waals surface area contributed by atoms with E-state index in [0.717, 1.165) is 11.1 Å². The number of benzene rings is 2. The molecule has 0 spiro atoms. The summed E-state index contributed by atoms with van der Waals surface area (Å²) in [7, 11) is 0. The number of carbonyl (C=O) groups is 1. The lowest BCUT2D eigenvalue weighted by molar-refractivity contribution is -0.118. The number of para-hydroxylation sites is 1. The highest BCUT2D eigenvalue weighted by atomic mass is 35.5. The van der Waals surface area contributed by atoms with Crippen molar-refractivity contribution in [2.45, 2.75) is 13.8 Å². The number of halogens is 1. The number of anilines is 1. The quantitative estimate of drug-likeness (QED) is 0.925. The molecule has 20 heavy (non-hydrogen) atoms. The highest BCUT2D eigenvalue weighted by Gasteiger charge is 2.06. The lowest BCUT2D eigenvalue weighted by Crippen LogP contribution is -2.20. The predicted molar refractivity (Wildman–Crippen MR) is 81.5 cm³/mol. The van der Waals surface area contributed by atoms with Gasteiger partial charge in [-0.3, -0.25) is 4.79 Å². The summed E-state index contributed by atoms with van der Waals surface area (Å²) in [5, 5.41) is 3.38. The van der Waals surface area contributed by atoms with E-state index in [-0.39, 0.29) is 12.5 Å². The van der Waals surface area contributed by atoms with Gasteiger partial charge >= 0.3 is 0 Å². The number of amides is 1. The minimum Gasteiger partial charge on any atom is -0.483 e. The van der Waals surface area contributed by atoms with E-state index in [2.05, 4.69) is 5.32 Å². The molecular formula is C16H16ClNO2. The van der Waals surface area contributed by atoms with Crippen LogP contribution in [0, 0.1) is 13.8 Å². The highest BCUT2D eigenvalue weighted by molar-refractivity contribution is 6.31. The van der Waals surface area contributed by atoms with E-state index in [9.17, 15) is 4.79 Å². The molecule has 0 unspecified atom stereocenters. The third-order valence-corrected chi connectivity index (χ3v) is 3.32. The summed E-state index contributed by atoms with van der Waals surface area (Å²) < 4.78 is 5.48. The summed E-state index contributed by atoms with van der Waals surface area (Å²) >= 11 is 6.01. The van der Waals surface area contributed by atoms with Crippen molar-refractivity contribution in [3.05, 3.63) is 58.6 Å². The molecule has 3 nitrogen and oxygen atoms in total. The first-order valence-electron chi connectivity index (χ1n) is 6.30. The van der Waals surface area contributed by atoms with Gasteiger partial charge in [-0.05, 0) is 43.2 Å². The molecule has 0 atom stereocenters. The Hall–Kier alpha value is -2.00. The summed E-state index contributed by atoms with van der Waals surface area (Å²) in [6.07, 6.45) is 0. The van der Waals surface area contributed by atoms with Gasteiger partial charge in [-0.15, -0.1) is 0 Å². The van der Waals surface area contributed by atoms with Crippen molar-refractivity contribution in [3.8, 4) is 5.75 Å². The molecule has 2 aromatic carbocycles. The Morgan fingerprint density at radius 1 is 1.15 bits per heavy atom. The maximum Gasteiger partial charge on any atom is 0.262 e. The molecule has 1 N–H and O–H groups in total. The molecule has 0 bridgehead atoms. The Labute approximate surface area is 123 Å². The first-order chi connectivity index (χ1) is 9.56. The molecule has 0 heterocycles. The fraction of sp³-hybridized carbons (Fsp3) is 0.188. The molecule has 0 aliphatic carbocycles. The van der Waals surface area contributed by atoms with Gasteiger partial charge in [0.1, 0.15) is 5.75 Å². The van der Waals surface area contributed by atoms with E-state index >= 15 is 0 Å². The Balaban J connectivity index is 1.93. The van der Waals surface area contributed by atoms with Crippen LogP contribution in [0.4, 0.5) is 5.69 Å². The number of nitrogens with one attached hydrogen (secondary N) is 1. The number of aryl methyl sites for hydroxylation is 2. The Kier molecular flexibility index (Phi) is 4.64. The van der Waals surface area contributed by atoms with Crippen LogP contribution < -0.4 is 10.1 Å². The average molecular weight is 290 g/mol. The zero-order valence-electron chi connectivity index (χ0n) is 11.4. The van der Waals surface area contributed by atoms with Crippen molar-refractivity contribution in [1.29, 1.82) is 0 Å². The minimum atomic E-state index is -0.215. The second kappa shape index (κ2) is 6.44. The van der Waals surface area contributed by atoms with Gasteiger partial charge in [0.05, 0.1) is 0 Å². The average Bonchev–Trinajstić information content (AvgIpc) is 2.42. The van der Waals surface area contributed by atoms with Crippen molar-refractivity contribution >= 4 is 23.2 Å². The molecule has 0 radical (unpaired) electrons. The molecule has 4 heteroatoms. The minimum absolute atomic E-state index is 0.0314. The Bertz CT molecular complexity index is 626. The number of rotatable bonds is 4. The van der Waals surface area contributed by atoms with E-state index in [4.69, 9.17) is 16.3 Å². The molecule has 2 aromatic rings. The molecule has 0 aliphatic rings. The second-order valence-corrected chi connectivity index (χ2v) is 4.97. The van der Waals surface area contributed by atoms with E-state index in [1.807, 2.05) is 50.2 Å². The fourth-order valence-corrected chi connectivity index (χ4v) is 1.91. The van der Waals surface area contributed by atoms with Crippen LogP contribution in [-0.4, -0.2) is 12.5 Å². The third kappa shape index (κ3) is 3.75. The molecule has 0 saturated carbocycles. The van der Waals surface area contributed by atoms with Crippen molar-refractivity contribution < 1.29 is 9.53 Å². The van der Waals surface area contributed by atoms with Crippen LogP contribution in [0.15, 0.2) is 42.5 Å². The van der Waals surface area contributed by atoms with Gasteiger partial charge in [-0.1, -0.05) is 35.9 Å². The topological polar surface area (TPSA) is 38.3 Å². The zero-order chi connectivity index (χ0) is 14.5. The van der Waals surface area contributed by atoms with Crippen LogP contribution in [-0.2, 0) is 4.79 Å². The van der Waals surface area contributed by atoms with E-state index in [0.29, 0.717) is 16.5 Å². The summed E-state index contributed by atoms with van der Waals surface area (Å²) in [5.74, 6) is 0.498. The van der Waals surface area contributed by atoms with Gasteiger partial charge in [-0.25, -0.2) is 0 Å². The predicted octanol–water partition coefficient (Wildman–Crippen LogP) is 3.97. The molecule has 2 rings (SSSR count). The molecule has 0 fully saturated rings. The van der Waals surface area contributed by atoms with E-state index in [1.165, 1.54) is 0 Å². The van der Waals surface area contributed by atoms with Gasteiger partial charge in [-0.2, -0.15) is 0 Å². The lowest BCUT2D eigenvalue weighted by Gasteiger charge is -2.10. The van der Waals surface area contributed by atoms with E-state index in [1.54, 1.807) is 6.07 Å². The molecule has 0 saturated heterocycles. The number of ether oxygens (including phenoxy) is 1. The van der Waals surface area contributed by atoms with Gasteiger partial charge in [0, 0.05) is 10.7 Å². The SMILES string of the molecule is Cc1ccc(NC(=O)COc2ccccc2C)cc1Cl. The van der Waals surface area contributed by atoms with Crippen molar-refractivity contribution in [2.24, 2.45) is 0 Å². The van der Waals surface area contributed by atoms with Gasteiger partial charge in [0.25, 0.3) is 5.91 Å². The van der Waals surface area contributed by atoms with Crippen molar-refractivity contribution in [2.75, 3.05) is 11.9 Å². The molecule has 0 aromatic heterocycles. The second-order valence-electron chi connectivity index (χ2n) is 4.57. The molecular weight excluding hydrogens is 274 g/mol. The van der Waals surface area contributed by atoms with Crippen LogP contribution in [0.2, 0.25) is 5.02 Å². The molecule has 104 valence electrons. The first-order valence-corrected chi connectivity index (χ1v) is 6.68. The number of hydrogen-bond acceptors (Lipinski definition) is 2. The van der Waals surface area contributed by atoms with Crippen LogP contribution in [0.3, 0.4) is 0 Å². The van der Waals surface area contributed by atoms with Crippen LogP contribution >= 0.6 is 11.6 Å². The summed E-state index contributed by atoms with van der Waals surface area (Å²) in [4.78, 5) is 11.8. The van der Waals surface area contributed by atoms with Crippen LogP contribution in [0.1, 0.15) is 11.1 Å². The molecule has 1 amide bonds. The van der Waals surface area contributed by atoms with Crippen LogP contribution in [0.25, 0.3) is 0 Å². The zero-order valence-corrected chi connectivity index (χ0v) is 12.2. The smallest absolute Gasteiger partial charge is 0.262 e. The standard InChI is InChI=1S/C16H16ClNO2/c1-11-7-8-13(9-14(11)17)18-16(19)10-20-15-6-4-3-5-12(15)2/h3-9H,10H2,1-2H3,(H,18,19). The highest BCUT2D eigenvalue weighted by Crippen LogP contribution is 2.20. The van der Waals surface area contributed by atoms with Gasteiger partial charge < -0.3 is 10.1 Å². The van der Waals surface area contributed by atoms with Crippen LogP contribution in [0.5, 0.6) is 5.75 Å². The Morgan fingerprint density at radius 3 is 2.60 bits per heavy atom. The summed E-state index contributed by atoms with van der Waals surface area (Å²) in [6.45, 7) is 3.82. The summed E-state index contributed by atoms with van der Waals surface area (Å²) in [5.41, 5.74) is 2.64. The molecule has 0 aliphatic heterocycles.